The third-order valence-electron chi connectivity index (χ3n) is 12.4. The predicted molar refractivity (Wildman–Crippen MR) is 199 cm³/mol. The zero-order valence-electron chi connectivity index (χ0n) is 35.0. The van der Waals surface area contributed by atoms with Gasteiger partial charge < -0.3 is 154 Å². The highest BCUT2D eigenvalue weighted by Crippen LogP contribution is 2.35. The van der Waals surface area contributed by atoms with Gasteiger partial charge in [-0.15, -0.1) is 0 Å². The van der Waals surface area contributed by atoms with Crippen LogP contribution in [0.5, 0.6) is 0 Å². The molecule has 0 radical (unpaired) electrons. The molecule has 6 aliphatic rings. The van der Waals surface area contributed by atoms with Crippen LogP contribution in [0, 0.1) is 0 Å². The van der Waals surface area contributed by atoms with Gasteiger partial charge in [-0.2, -0.15) is 0 Å². The first-order valence-electron chi connectivity index (χ1n) is 21.1. The molecular formula is C36H62O31. The lowest BCUT2D eigenvalue weighted by Crippen LogP contribution is -2.67. The van der Waals surface area contributed by atoms with Gasteiger partial charge in [0, 0.05) is 0 Å². The Hall–Kier alpha value is -1.24. The van der Waals surface area contributed by atoms with Gasteiger partial charge in [-0.3, -0.25) is 0 Å². The molecule has 30 atom stereocenters. The standard InChI is InChI=1S/C36H62O31/c37-1-7-13(41)16(44)23(51)32(60-7)57-5-11-15(43)18(46)25(53)34(63-11)67-30-12(6-58-33-24(52)17(45)14(42)8(2-38)61-33)64-36(27(55)21(30)49)66-29-10(4-40)62-35(26(54)20(29)48)65-28-9(3-39)59-31(56)22(50)19(28)47/h7-56H,1-6H2/t7-,8-,9-,10-,11-,12-,13-,14-,15-,16+,17+,18+,19-,20-,21-,22-,23-,24-,25-,26-,27-,28-,29-,30-,31?,32+,33+,34-,35-,36-/m1/s1. The number of rotatable bonds is 16. The summed E-state index contributed by atoms with van der Waals surface area (Å²) in [4.78, 5) is 0. The third-order valence-corrected chi connectivity index (χ3v) is 12.4. The van der Waals surface area contributed by atoms with Gasteiger partial charge in [-0.25, -0.2) is 0 Å². The van der Waals surface area contributed by atoms with E-state index >= 15 is 0 Å². The van der Waals surface area contributed by atoms with E-state index in [0.717, 1.165) is 0 Å². The summed E-state index contributed by atoms with van der Waals surface area (Å²) in [5.74, 6) is 0. The number of ether oxygens (including phenoxy) is 11. The number of aliphatic hydroxyl groups excluding tert-OH is 20. The minimum absolute atomic E-state index is 0.808. The minimum atomic E-state index is -2.26. The molecule has 6 saturated heterocycles. The summed E-state index contributed by atoms with van der Waals surface area (Å²) in [6, 6.07) is 0. The lowest BCUT2D eigenvalue weighted by atomic mass is 9.95. The van der Waals surface area contributed by atoms with Gasteiger partial charge in [0.2, 0.25) is 0 Å². The number of hydrogen-bond donors (Lipinski definition) is 20. The minimum Gasteiger partial charge on any atom is -0.394 e. The topological polar surface area (TPSA) is 506 Å². The fraction of sp³-hybridized carbons (Fsp3) is 1.00. The van der Waals surface area contributed by atoms with Crippen LogP contribution < -0.4 is 0 Å². The summed E-state index contributed by atoms with van der Waals surface area (Å²) in [6.45, 7) is -5.33. The zero-order chi connectivity index (χ0) is 49.3. The molecule has 31 nitrogen and oxygen atoms in total. The van der Waals surface area contributed by atoms with Crippen LogP contribution in [-0.2, 0) is 52.1 Å². The smallest absolute Gasteiger partial charge is 0.187 e. The molecule has 0 aromatic rings. The first-order valence-corrected chi connectivity index (χ1v) is 21.1. The van der Waals surface area contributed by atoms with Crippen molar-refractivity contribution >= 4 is 0 Å². The highest BCUT2D eigenvalue weighted by molar-refractivity contribution is 4.99. The Bertz CT molecular complexity index is 1500. The van der Waals surface area contributed by atoms with Crippen LogP contribution in [0.25, 0.3) is 0 Å². The summed E-state index contributed by atoms with van der Waals surface area (Å²) >= 11 is 0. The second kappa shape index (κ2) is 23.5. The van der Waals surface area contributed by atoms with E-state index in [4.69, 9.17) is 52.1 Å². The van der Waals surface area contributed by atoms with Crippen molar-refractivity contribution < 1.29 is 154 Å². The molecule has 31 heteroatoms. The van der Waals surface area contributed by atoms with Gasteiger partial charge in [-0.05, 0) is 0 Å². The van der Waals surface area contributed by atoms with Crippen molar-refractivity contribution in [2.45, 2.75) is 184 Å². The van der Waals surface area contributed by atoms with Crippen molar-refractivity contribution in [3.63, 3.8) is 0 Å². The predicted octanol–water partition coefficient (Wildman–Crippen LogP) is -14.1. The van der Waals surface area contributed by atoms with E-state index in [0.29, 0.717) is 0 Å². The normalized spacial score (nSPS) is 53.4. The largest absolute Gasteiger partial charge is 0.394 e. The van der Waals surface area contributed by atoms with Crippen LogP contribution in [0.15, 0.2) is 0 Å². The molecule has 0 bridgehead atoms. The Kier molecular flexibility index (Phi) is 19.4. The van der Waals surface area contributed by atoms with Crippen LogP contribution in [0.4, 0.5) is 0 Å². The van der Waals surface area contributed by atoms with Crippen LogP contribution >= 0.6 is 0 Å². The molecule has 0 aliphatic carbocycles. The van der Waals surface area contributed by atoms with E-state index in [2.05, 4.69) is 0 Å². The maximum Gasteiger partial charge on any atom is 0.187 e. The van der Waals surface area contributed by atoms with E-state index in [9.17, 15) is 102 Å². The molecule has 0 amide bonds. The first-order chi connectivity index (χ1) is 31.7. The summed E-state index contributed by atoms with van der Waals surface area (Å²) in [5.41, 5.74) is 0. The lowest BCUT2D eigenvalue weighted by molar-refractivity contribution is -0.392. The first kappa shape index (κ1) is 55.1. The van der Waals surface area contributed by atoms with E-state index in [1.54, 1.807) is 0 Å². The molecule has 67 heavy (non-hydrogen) atoms. The Morgan fingerprint density at radius 3 is 0.955 bits per heavy atom. The third kappa shape index (κ3) is 11.5. The molecule has 0 aromatic carbocycles. The summed E-state index contributed by atoms with van der Waals surface area (Å²) in [6.07, 6.45) is -57.1. The maximum absolute atomic E-state index is 11.6. The second-order valence-corrected chi connectivity index (χ2v) is 16.8. The molecule has 0 aromatic heterocycles. The van der Waals surface area contributed by atoms with Gasteiger partial charge in [-0.1, -0.05) is 0 Å². The van der Waals surface area contributed by atoms with Gasteiger partial charge in [0.25, 0.3) is 0 Å². The van der Waals surface area contributed by atoms with Crippen molar-refractivity contribution in [1.29, 1.82) is 0 Å². The highest BCUT2D eigenvalue weighted by Gasteiger charge is 2.56. The molecule has 0 spiro atoms. The SMILES string of the molecule is OC[C@H]1O[C@H](OC[C@H]2O[C@H](O[C@H]3[C@H](O)[C@@H](O)[C@@H](O[C@H]4[C@H](O)[C@@H](O)[C@@H](O[C@H]5[C@H](O)[C@@H](O)C(O)O[C@@H]5CO)O[C@@H]4CO)O[C@@H]3CO[C@H]3O[C@H](CO)[C@@H](O)[C@H](O)[C@H]3O)[C@H](O)[C@@H](O)[C@@H]2O)[C@H](O)[C@@H](O)[C@@H]1O. The van der Waals surface area contributed by atoms with Crippen molar-refractivity contribution in [3.8, 4) is 0 Å². The molecule has 6 heterocycles. The molecular weight excluding hydrogens is 928 g/mol. The fourth-order valence-electron chi connectivity index (χ4n) is 8.31. The maximum atomic E-state index is 11.6. The average Bonchev–Trinajstić information content (AvgIpc) is 3.31. The number of hydrogen-bond acceptors (Lipinski definition) is 31. The van der Waals surface area contributed by atoms with Crippen molar-refractivity contribution in [3.05, 3.63) is 0 Å². The van der Waals surface area contributed by atoms with Crippen molar-refractivity contribution in [2.24, 2.45) is 0 Å². The van der Waals surface area contributed by atoms with Crippen LogP contribution in [-0.4, -0.2) is 326 Å². The Morgan fingerprint density at radius 2 is 0.537 bits per heavy atom. The van der Waals surface area contributed by atoms with Crippen LogP contribution in [0.1, 0.15) is 0 Å². The Morgan fingerprint density at radius 1 is 0.254 bits per heavy atom. The Labute approximate surface area is 378 Å². The molecule has 6 rings (SSSR count). The summed E-state index contributed by atoms with van der Waals surface area (Å²) < 4.78 is 60.9. The fourth-order valence-corrected chi connectivity index (χ4v) is 8.31. The van der Waals surface area contributed by atoms with Crippen LogP contribution in [0.2, 0.25) is 0 Å². The molecule has 6 aliphatic heterocycles. The zero-order valence-corrected chi connectivity index (χ0v) is 35.0. The van der Waals surface area contributed by atoms with E-state index < -0.39 is 224 Å². The molecule has 6 fully saturated rings. The molecule has 1 unspecified atom stereocenters. The molecule has 392 valence electrons. The van der Waals surface area contributed by atoms with Gasteiger partial charge >= 0.3 is 0 Å². The van der Waals surface area contributed by atoms with Crippen molar-refractivity contribution in [2.75, 3.05) is 39.6 Å². The van der Waals surface area contributed by atoms with Gasteiger partial charge in [0.15, 0.2) is 37.7 Å². The monoisotopic (exact) mass is 990 g/mol. The van der Waals surface area contributed by atoms with Crippen LogP contribution in [0.3, 0.4) is 0 Å². The van der Waals surface area contributed by atoms with Gasteiger partial charge in [0.05, 0.1) is 39.6 Å². The van der Waals surface area contributed by atoms with E-state index in [1.165, 1.54) is 0 Å². The average molecular weight is 991 g/mol. The second-order valence-electron chi connectivity index (χ2n) is 16.8. The molecule has 20 N–H and O–H groups in total. The van der Waals surface area contributed by atoms with Crippen molar-refractivity contribution in [1.82, 2.24) is 0 Å². The Balaban J connectivity index is 1.19. The van der Waals surface area contributed by atoms with Gasteiger partial charge in [0.1, 0.15) is 146 Å². The lowest BCUT2D eigenvalue weighted by Gasteiger charge is -2.49. The quantitative estimate of drug-likeness (QED) is 0.0683. The summed E-state index contributed by atoms with van der Waals surface area (Å²) in [5, 5.41) is 209. The van der Waals surface area contributed by atoms with E-state index in [1.807, 2.05) is 0 Å². The number of aliphatic hydroxyl groups is 20. The molecule has 0 saturated carbocycles. The highest BCUT2D eigenvalue weighted by atomic mass is 16.8. The summed E-state index contributed by atoms with van der Waals surface area (Å²) in [7, 11) is 0. The van der Waals surface area contributed by atoms with E-state index in [-0.39, 0.29) is 0 Å².